The van der Waals surface area contributed by atoms with E-state index in [1.807, 2.05) is 0 Å². The van der Waals surface area contributed by atoms with Gasteiger partial charge in [-0.1, -0.05) is 0 Å². The lowest BCUT2D eigenvalue weighted by Gasteiger charge is -2.19. The van der Waals surface area contributed by atoms with Crippen molar-refractivity contribution in [2.24, 2.45) is 0 Å². The maximum atomic E-state index is 11.8. The second-order valence-corrected chi connectivity index (χ2v) is 8.57. The molecule has 0 unspecified atom stereocenters. The van der Waals surface area contributed by atoms with Gasteiger partial charge in [-0.15, -0.1) is 0 Å². The normalized spacial score (nSPS) is 11.6. The smallest absolute Gasteiger partial charge is 0.407 e. The van der Waals surface area contributed by atoms with E-state index in [-0.39, 0.29) is 22.8 Å². The third-order valence-electron chi connectivity index (χ3n) is 3.03. The number of esters is 1. The van der Waals surface area contributed by atoms with Gasteiger partial charge in [-0.05, 0) is 45.4 Å². The molecule has 0 bridgehead atoms. The Morgan fingerprint density at radius 3 is 2.38 bits per heavy atom. The van der Waals surface area contributed by atoms with Crippen molar-refractivity contribution in [3.05, 3.63) is 23.8 Å². The van der Waals surface area contributed by atoms with Crippen LogP contribution in [0.15, 0.2) is 23.1 Å². The molecule has 8 nitrogen and oxygen atoms in total. The number of sulfone groups is 1. The van der Waals surface area contributed by atoms with Gasteiger partial charge < -0.3 is 19.5 Å². The Kier molecular flexibility index (Phi) is 7.43. The average molecular weight is 387 g/mol. The predicted molar refractivity (Wildman–Crippen MR) is 95.2 cm³/mol. The summed E-state index contributed by atoms with van der Waals surface area (Å²) in [4.78, 5) is 23.3. The Bertz CT molecular complexity index is 751. The maximum absolute atomic E-state index is 11.8. The molecular formula is C17H25NO7S. The number of carbonyl (C=O) groups excluding carboxylic acids is 2. The third kappa shape index (κ3) is 7.30. The minimum absolute atomic E-state index is 0.0343. The van der Waals surface area contributed by atoms with E-state index < -0.39 is 27.5 Å². The summed E-state index contributed by atoms with van der Waals surface area (Å²) in [5, 5.41) is 2.58. The first-order valence-electron chi connectivity index (χ1n) is 7.96. The fourth-order valence-electron chi connectivity index (χ4n) is 1.89. The molecule has 1 rings (SSSR count). The molecule has 26 heavy (non-hydrogen) atoms. The molecule has 0 heterocycles. The third-order valence-corrected chi connectivity index (χ3v) is 4.14. The Labute approximate surface area is 153 Å². The van der Waals surface area contributed by atoms with Crippen LogP contribution in [0.25, 0.3) is 0 Å². The van der Waals surface area contributed by atoms with Gasteiger partial charge in [-0.2, -0.15) is 0 Å². The summed E-state index contributed by atoms with van der Waals surface area (Å²) >= 11 is 0. The minimum atomic E-state index is -3.44. The molecule has 0 aliphatic carbocycles. The summed E-state index contributed by atoms with van der Waals surface area (Å²) in [5.74, 6) is -0.524. The number of hydrogen-bond acceptors (Lipinski definition) is 7. The average Bonchev–Trinajstić information content (AvgIpc) is 2.51. The van der Waals surface area contributed by atoms with Gasteiger partial charge in [-0.25, -0.2) is 18.0 Å². The molecule has 1 aromatic rings. The number of alkyl carbamates (subject to hydrolysis) is 1. The van der Waals surface area contributed by atoms with E-state index in [0.29, 0.717) is 13.0 Å². The molecule has 0 saturated carbocycles. The van der Waals surface area contributed by atoms with E-state index in [1.54, 1.807) is 20.8 Å². The first-order valence-corrected chi connectivity index (χ1v) is 9.85. The number of benzene rings is 1. The van der Waals surface area contributed by atoms with Crippen molar-refractivity contribution in [2.75, 3.05) is 26.5 Å². The van der Waals surface area contributed by atoms with E-state index in [9.17, 15) is 18.0 Å². The van der Waals surface area contributed by atoms with Crippen LogP contribution >= 0.6 is 0 Å². The van der Waals surface area contributed by atoms with Gasteiger partial charge in [0.05, 0.1) is 18.6 Å². The number of hydrogen-bond donors (Lipinski definition) is 1. The van der Waals surface area contributed by atoms with Gasteiger partial charge in [0, 0.05) is 12.8 Å². The van der Waals surface area contributed by atoms with E-state index in [2.05, 4.69) is 10.1 Å². The number of nitrogens with one attached hydrogen (secondary N) is 1. The van der Waals surface area contributed by atoms with Crippen molar-refractivity contribution in [1.29, 1.82) is 0 Å². The second kappa shape index (κ2) is 8.88. The minimum Gasteiger partial charge on any atom is -0.493 e. The largest absolute Gasteiger partial charge is 0.493 e. The predicted octanol–water partition coefficient (Wildman–Crippen LogP) is 2.17. The van der Waals surface area contributed by atoms with Crippen molar-refractivity contribution in [1.82, 2.24) is 5.32 Å². The monoisotopic (exact) mass is 387 g/mol. The lowest BCUT2D eigenvalue weighted by molar-refractivity contribution is 0.0525. The van der Waals surface area contributed by atoms with Gasteiger partial charge >= 0.3 is 12.1 Å². The highest BCUT2D eigenvalue weighted by molar-refractivity contribution is 7.90. The van der Waals surface area contributed by atoms with Gasteiger partial charge in [0.1, 0.15) is 16.9 Å². The van der Waals surface area contributed by atoms with Crippen LogP contribution in [-0.4, -0.2) is 52.6 Å². The molecule has 0 spiro atoms. The number of amides is 1. The molecule has 0 saturated heterocycles. The molecule has 146 valence electrons. The van der Waals surface area contributed by atoms with Crippen molar-refractivity contribution in [3.8, 4) is 5.75 Å². The van der Waals surface area contributed by atoms with Crippen molar-refractivity contribution in [3.63, 3.8) is 0 Å². The summed E-state index contributed by atoms with van der Waals surface area (Å²) in [5.41, 5.74) is -0.456. The zero-order chi connectivity index (χ0) is 20.0. The van der Waals surface area contributed by atoms with Crippen LogP contribution < -0.4 is 10.1 Å². The molecule has 0 atom stereocenters. The van der Waals surface area contributed by atoms with Crippen molar-refractivity contribution in [2.45, 2.75) is 37.7 Å². The first-order chi connectivity index (χ1) is 11.9. The van der Waals surface area contributed by atoms with Crippen LogP contribution in [0.4, 0.5) is 4.79 Å². The van der Waals surface area contributed by atoms with E-state index in [0.717, 1.165) is 6.26 Å². The number of rotatable bonds is 7. The fourth-order valence-corrected chi connectivity index (χ4v) is 2.53. The van der Waals surface area contributed by atoms with Gasteiger partial charge in [0.15, 0.2) is 9.84 Å². The summed E-state index contributed by atoms with van der Waals surface area (Å²) in [6.45, 7) is 5.75. The summed E-state index contributed by atoms with van der Waals surface area (Å²) < 4.78 is 38.6. The highest BCUT2D eigenvalue weighted by atomic mass is 32.2. The van der Waals surface area contributed by atoms with Gasteiger partial charge in [0.25, 0.3) is 0 Å². The fraction of sp³-hybridized carbons (Fsp3) is 0.529. The van der Waals surface area contributed by atoms with Crippen LogP contribution in [0.1, 0.15) is 37.6 Å². The molecule has 1 amide bonds. The topological polar surface area (TPSA) is 108 Å². The zero-order valence-corrected chi connectivity index (χ0v) is 16.4. The van der Waals surface area contributed by atoms with Crippen LogP contribution in [-0.2, 0) is 19.3 Å². The quantitative estimate of drug-likeness (QED) is 0.564. The molecule has 0 fully saturated rings. The Morgan fingerprint density at radius 1 is 1.19 bits per heavy atom. The highest BCUT2D eigenvalue weighted by Crippen LogP contribution is 2.24. The summed E-state index contributed by atoms with van der Waals surface area (Å²) in [6.07, 6.45) is 0.962. The Hall–Kier alpha value is -2.29. The van der Waals surface area contributed by atoms with E-state index in [1.165, 1.54) is 25.3 Å². The van der Waals surface area contributed by atoms with Crippen LogP contribution in [0.5, 0.6) is 5.75 Å². The highest BCUT2D eigenvalue weighted by Gasteiger charge is 2.18. The van der Waals surface area contributed by atoms with Gasteiger partial charge in [0.2, 0.25) is 0 Å². The molecular weight excluding hydrogens is 362 g/mol. The summed E-state index contributed by atoms with van der Waals surface area (Å²) in [7, 11) is -2.22. The molecule has 1 aromatic carbocycles. The van der Waals surface area contributed by atoms with Crippen molar-refractivity contribution >= 4 is 21.9 Å². The lowest BCUT2D eigenvalue weighted by atomic mass is 10.2. The number of carbonyl (C=O) groups is 2. The SMILES string of the molecule is COC(=O)c1ccc(S(C)(=O)=O)cc1OCCCNC(=O)OC(C)(C)C. The molecule has 0 aromatic heterocycles. The van der Waals surface area contributed by atoms with E-state index >= 15 is 0 Å². The molecule has 1 N–H and O–H groups in total. The summed E-state index contributed by atoms with van der Waals surface area (Å²) in [6, 6.07) is 3.94. The maximum Gasteiger partial charge on any atom is 0.407 e. The lowest BCUT2D eigenvalue weighted by Crippen LogP contribution is -2.33. The number of methoxy groups -OCH3 is 1. The molecule has 0 aliphatic rings. The van der Waals surface area contributed by atoms with Gasteiger partial charge in [-0.3, -0.25) is 0 Å². The van der Waals surface area contributed by atoms with Crippen molar-refractivity contribution < 1.29 is 32.2 Å². The standard InChI is InChI=1S/C17H25NO7S/c1-17(2,3)25-16(20)18-9-6-10-24-14-11-12(26(5,21)22)7-8-13(14)15(19)23-4/h7-8,11H,6,9-10H2,1-5H3,(H,18,20). The Balaban J connectivity index is 2.68. The molecule has 0 radical (unpaired) electrons. The number of ether oxygens (including phenoxy) is 3. The molecule has 9 heteroatoms. The Morgan fingerprint density at radius 2 is 1.85 bits per heavy atom. The second-order valence-electron chi connectivity index (χ2n) is 6.55. The van der Waals surface area contributed by atoms with E-state index in [4.69, 9.17) is 9.47 Å². The van der Waals surface area contributed by atoms with Crippen LogP contribution in [0, 0.1) is 0 Å². The molecule has 0 aliphatic heterocycles. The van der Waals surface area contributed by atoms with Crippen LogP contribution in [0.3, 0.4) is 0 Å². The zero-order valence-electron chi connectivity index (χ0n) is 15.6. The first kappa shape index (κ1) is 21.8. The van der Waals surface area contributed by atoms with Crippen LogP contribution in [0.2, 0.25) is 0 Å².